The van der Waals surface area contributed by atoms with Crippen molar-refractivity contribution in [1.82, 2.24) is 4.90 Å². The number of ether oxygens (including phenoxy) is 2. The summed E-state index contributed by atoms with van der Waals surface area (Å²) in [6, 6.07) is 13.9. The predicted molar refractivity (Wildman–Crippen MR) is 93.6 cm³/mol. The maximum Gasteiger partial charge on any atom is 0.263 e. The molecule has 0 fully saturated rings. The molecule has 2 aromatic rings. The van der Waals surface area contributed by atoms with Gasteiger partial charge < -0.3 is 14.4 Å². The fourth-order valence-corrected chi connectivity index (χ4v) is 2.99. The highest BCUT2D eigenvalue weighted by Gasteiger charge is 2.30. The van der Waals surface area contributed by atoms with Crippen molar-refractivity contribution in [2.75, 3.05) is 20.2 Å². The molecule has 4 heteroatoms. The lowest BCUT2D eigenvalue weighted by atomic mass is 10.1. The standard InChI is InChI=1S/C20H23NO3/c1-14-10-15(2)12-17(11-14)23-9-8-21(3)20(22)19-13-16-6-4-5-7-18(16)24-19/h4-7,10-12,19H,8-9,13H2,1-3H3. The maximum absolute atomic E-state index is 12.5. The van der Waals surface area contributed by atoms with Crippen LogP contribution in [0, 0.1) is 13.8 Å². The van der Waals surface area contributed by atoms with Gasteiger partial charge in [0.05, 0.1) is 6.54 Å². The molecule has 0 saturated carbocycles. The Kier molecular flexibility index (Phi) is 4.74. The monoisotopic (exact) mass is 325 g/mol. The van der Waals surface area contributed by atoms with Crippen LogP contribution in [0.3, 0.4) is 0 Å². The third-order valence-electron chi connectivity index (χ3n) is 4.19. The van der Waals surface area contributed by atoms with E-state index < -0.39 is 6.10 Å². The highest BCUT2D eigenvalue weighted by atomic mass is 16.5. The van der Waals surface area contributed by atoms with E-state index in [1.165, 1.54) is 11.1 Å². The molecule has 4 nitrogen and oxygen atoms in total. The van der Waals surface area contributed by atoms with Gasteiger partial charge in [-0.1, -0.05) is 24.3 Å². The van der Waals surface area contributed by atoms with E-state index in [0.717, 1.165) is 17.1 Å². The Morgan fingerprint density at radius 3 is 2.62 bits per heavy atom. The van der Waals surface area contributed by atoms with Crippen LogP contribution in [-0.2, 0) is 11.2 Å². The minimum Gasteiger partial charge on any atom is -0.492 e. The Morgan fingerprint density at radius 2 is 1.92 bits per heavy atom. The average Bonchev–Trinajstić information content (AvgIpc) is 2.97. The molecule has 0 bridgehead atoms. The van der Waals surface area contributed by atoms with Gasteiger partial charge in [-0.3, -0.25) is 4.79 Å². The molecule has 3 rings (SSSR count). The quantitative estimate of drug-likeness (QED) is 0.848. The molecule has 1 unspecified atom stereocenters. The Balaban J connectivity index is 1.50. The van der Waals surface area contributed by atoms with Gasteiger partial charge in [-0.25, -0.2) is 0 Å². The number of hydrogen-bond acceptors (Lipinski definition) is 3. The molecule has 1 heterocycles. The van der Waals surface area contributed by atoms with Crippen LogP contribution in [0.4, 0.5) is 0 Å². The van der Waals surface area contributed by atoms with Gasteiger partial charge in [0.25, 0.3) is 5.91 Å². The second-order valence-corrected chi connectivity index (χ2v) is 6.35. The zero-order chi connectivity index (χ0) is 17.1. The Morgan fingerprint density at radius 1 is 1.21 bits per heavy atom. The van der Waals surface area contributed by atoms with Gasteiger partial charge in [-0.15, -0.1) is 0 Å². The van der Waals surface area contributed by atoms with E-state index in [0.29, 0.717) is 19.6 Å². The zero-order valence-corrected chi connectivity index (χ0v) is 14.4. The summed E-state index contributed by atoms with van der Waals surface area (Å²) in [6.07, 6.45) is 0.214. The van der Waals surface area contributed by atoms with E-state index in [2.05, 4.69) is 6.07 Å². The summed E-state index contributed by atoms with van der Waals surface area (Å²) < 4.78 is 11.5. The van der Waals surface area contributed by atoms with Crippen LogP contribution in [0.1, 0.15) is 16.7 Å². The summed E-state index contributed by atoms with van der Waals surface area (Å²) in [5.41, 5.74) is 3.44. The van der Waals surface area contributed by atoms with Crippen LogP contribution in [0.15, 0.2) is 42.5 Å². The molecule has 0 radical (unpaired) electrons. The molecule has 0 N–H and O–H groups in total. The first-order valence-electron chi connectivity index (χ1n) is 8.23. The minimum atomic E-state index is -0.423. The van der Waals surface area contributed by atoms with E-state index in [4.69, 9.17) is 9.47 Å². The molecule has 1 atom stereocenters. The van der Waals surface area contributed by atoms with Crippen LogP contribution in [0.2, 0.25) is 0 Å². The van der Waals surface area contributed by atoms with Crippen LogP contribution < -0.4 is 9.47 Å². The van der Waals surface area contributed by atoms with Gasteiger partial charge in [0, 0.05) is 13.5 Å². The third-order valence-corrected chi connectivity index (χ3v) is 4.19. The van der Waals surface area contributed by atoms with Crippen molar-refractivity contribution in [2.45, 2.75) is 26.4 Å². The summed E-state index contributed by atoms with van der Waals surface area (Å²) in [7, 11) is 1.79. The van der Waals surface area contributed by atoms with E-state index >= 15 is 0 Å². The van der Waals surface area contributed by atoms with Crippen LogP contribution >= 0.6 is 0 Å². The number of hydrogen-bond donors (Lipinski definition) is 0. The van der Waals surface area contributed by atoms with Crippen molar-refractivity contribution < 1.29 is 14.3 Å². The van der Waals surface area contributed by atoms with E-state index in [9.17, 15) is 4.79 Å². The second-order valence-electron chi connectivity index (χ2n) is 6.35. The summed E-state index contributed by atoms with van der Waals surface area (Å²) in [5, 5.41) is 0. The maximum atomic E-state index is 12.5. The Hall–Kier alpha value is -2.49. The number of carbonyl (C=O) groups is 1. The largest absolute Gasteiger partial charge is 0.492 e. The SMILES string of the molecule is Cc1cc(C)cc(OCCN(C)C(=O)C2Cc3ccccc3O2)c1. The number of para-hydroxylation sites is 1. The molecular formula is C20H23NO3. The molecular weight excluding hydrogens is 302 g/mol. The fraction of sp³-hybridized carbons (Fsp3) is 0.350. The first kappa shape index (κ1) is 16.4. The number of aryl methyl sites for hydroxylation is 2. The molecule has 2 aromatic carbocycles. The highest BCUT2D eigenvalue weighted by molar-refractivity contribution is 5.82. The molecule has 1 aliphatic rings. The number of nitrogens with zero attached hydrogens (tertiary/aromatic N) is 1. The first-order chi connectivity index (χ1) is 11.5. The first-order valence-corrected chi connectivity index (χ1v) is 8.23. The smallest absolute Gasteiger partial charge is 0.263 e. The number of likely N-dealkylation sites (N-methyl/N-ethyl adjacent to an activating group) is 1. The van der Waals surface area contributed by atoms with Crippen molar-refractivity contribution in [3.05, 3.63) is 59.2 Å². The Bertz CT molecular complexity index is 696. The van der Waals surface area contributed by atoms with Crippen molar-refractivity contribution in [1.29, 1.82) is 0 Å². The molecule has 24 heavy (non-hydrogen) atoms. The van der Waals surface area contributed by atoms with Crippen molar-refractivity contribution in [3.63, 3.8) is 0 Å². The lowest BCUT2D eigenvalue weighted by Gasteiger charge is -2.21. The molecule has 0 saturated heterocycles. The number of rotatable bonds is 5. The van der Waals surface area contributed by atoms with Crippen molar-refractivity contribution >= 4 is 5.91 Å². The number of carbonyl (C=O) groups excluding carboxylic acids is 1. The zero-order valence-electron chi connectivity index (χ0n) is 14.4. The van der Waals surface area contributed by atoms with Gasteiger partial charge in [-0.2, -0.15) is 0 Å². The summed E-state index contributed by atoms with van der Waals surface area (Å²) >= 11 is 0. The molecule has 0 spiro atoms. The summed E-state index contributed by atoms with van der Waals surface area (Å²) in [5.74, 6) is 1.66. The number of fused-ring (bicyclic) bond motifs is 1. The molecule has 0 aliphatic carbocycles. The van der Waals surface area contributed by atoms with Gasteiger partial charge in [0.2, 0.25) is 0 Å². The van der Waals surface area contributed by atoms with E-state index in [-0.39, 0.29) is 5.91 Å². The minimum absolute atomic E-state index is 0.00442. The average molecular weight is 325 g/mol. The molecule has 1 amide bonds. The van der Waals surface area contributed by atoms with Crippen molar-refractivity contribution in [3.8, 4) is 11.5 Å². The molecule has 126 valence electrons. The number of amides is 1. The van der Waals surface area contributed by atoms with Crippen LogP contribution in [0.5, 0.6) is 11.5 Å². The normalized spacial score (nSPS) is 15.5. The Labute approximate surface area is 143 Å². The topological polar surface area (TPSA) is 38.8 Å². The van der Waals surface area contributed by atoms with Crippen LogP contribution in [0.25, 0.3) is 0 Å². The van der Waals surface area contributed by atoms with Crippen LogP contribution in [-0.4, -0.2) is 37.1 Å². The lowest BCUT2D eigenvalue weighted by Crippen LogP contribution is -2.40. The predicted octanol–water partition coefficient (Wildman–Crippen LogP) is 3.14. The molecule has 1 aliphatic heterocycles. The van der Waals surface area contributed by atoms with Gasteiger partial charge in [-0.05, 0) is 48.7 Å². The lowest BCUT2D eigenvalue weighted by molar-refractivity contribution is -0.136. The van der Waals surface area contributed by atoms with E-state index in [1.54, 1.807) is 11.9 Å². The number of benzene rings is 2. The third kappa shape index (κ3) is 3.70. The van der Waals surface area contributed by atoms with Gasteiger partial charge >= 0.3 is 0 Å². The van der Waals surface area contributed by atoms with Gasteiger partial charge in [0.15, 0.2) is 6.10 Å². The fourth-order valence-electron chi connectivity index (χ4n) is 2.99. The summed E-state index contributed by atoms with van der Waals surface area (Å²) in [6.45, 7) is 5.09. The van der Waals surface area contributed by atoms with Crippen molar-refractivity contribution in [2.24, 2.45) is 0 Å². The summed E-state index contributed by atoms with van der Waals surface area (Å²) in [4.78, 5) is 14.2. The van der Waals surface area contributed by atoms with E-state index in [1.807, 2.05) is 50.2 Å². The second kappa shape index (κ2) is 6.95. The molecule has 0 aromatic heterocycles. The highest BCUT2D eigenvalue weighted by Crippen LogP contribution is 2.28. The van der Waals surface area contributed by atoms with Gasteiger partial charge in [0.1, 0.15) is 18.1 Å².